The molecule has 0 bridgehead atoms. The minimum atomic E-state index is -0.406. The number of nitrogens with one attached hydrogen (secondary N) is 4. The van der Waals surface area contributed by atoms with Crippen molar-refractivity contribution >= 4 is 46.1 Å². The van der Waals surface area contributed by atoms with Gasteiger partial charge in [-0.2, -0.15) is 5.10 Å². The van der Waals surface area contributed by atoms with E-state index in [1.807, 2.05) is 0 Å². The van der Waals surface area contributed by atoms with Gasteiger partial charge >= 0.3 is 0 Å². The maximum atomic E-state index is 13.5. The lowest BCUT2D eigenvalue weighted by Crippen LogP contribution is -2.47. The van der Waals surface area contributed by atoms with Crippen molar-refractivity contribution in [1.29, 1.82) is 0 Å². The lowest BCUT2D eigenvalue weighted by atomic mass is 10.3. The van der Waals surface area contributed by atoms with Gasteiger partial charge in [0.05, 0.1) is 12.0 Å². The molecule has 2 aromatic rings. The van der Waals surface area contributed by atoms with Crippen molar-refractivity contribution in [3.63, 3.8) is 0 Å². The summed E-state index contributed by atoms with van der Waals surface area (Å²) >= 11 is 10.1. The van der Waals surface area contributed by atoms with Crippen LogP contribution in [0.3, 0.4) is 0 Å². The highest BCUT2D eigenvalue weighted by atomic mass is 32.1. The second-order valence-electron chi connectivity index (χ2n) is 4.30. The van der Waals surface area contributed by atoms with Gasteiger partial charge in [0.15, 0.2) is 5.11 Å². The van der Waals surface area contributed by atoms with Crippen LogP contribution in [0, 0.1) is 5.82 Å². The number of hydrazone groups is 1. The Labute approximate surface area is 143 Å². The molecule has 1 heterocycles. The molecule has 23 heavy (non-hydrogen) atoms. The molecule has 0 unspecified atom stereocenters. The zero-order chi connectivity index (χ0) is 16.7. The van der Waals surface area contributed by atoms with E-state index in [0.717, 1.165) is 0 Å². The van der Waals surface area contributed by atoms with Crippen molar-refractivity contribution < 1.29 is 8.81 Å². The second kappa shape index (κ2) is 8.20. The molecule has 4 N–H and O–H groups in total. The van der Waals surface area contributed by atoms with E-state index >= 15 is 0 Å². The zero-order valence-electron chi connectivity index (χ0n) is 12.1. The van der Waals surface area contributed by atoms with Gasteiger partial charge < -0.3 is 9.73 Å². The standard InChI is InChI=1S/C14H14FN5OS2/c1-9(12-7-4-8-21-12)17-19-14(23)20-18-13(22)16-11-6-3-2-5-10(11)15/h2-8H,1H3,(H2,16,18,22)(H2,19,20,23)/b17-9-. The number of hydrazine groups is 1. The third-order valence-electron chi connectivity index (χ3n) is 2.61. The van der Waals surface area contributed by atoms with Gasteiger partial charge in [-0.25, -0.2) is 4.39 Å². The predicted molar refractivity (Wildman–Crippen MR) is 95.5 cm³/mol. The van der Waals surface area contributed by atoms with E-state index in [4.69, 9.17) is 28.9 Å². The molecule has 0 fully saturated rings. The van der Waals surface area contributed by atoms with Crippen LogP contribution in [0.2, 0.25) is 0 Å². The van der Waals surface area contributed by atoms with E-state index in [2.05, 4.69) is 26.7 Å². The van der Waals surface area contributed by atoms with Crippen molar-refractivity contribution in [2.75, 3.05) is 5.32 Å². The number of benzene rings is 1. The van der Waals surface area contributed by atoms with Crippen LogP contribution in [-0.2, 0) is 0 Å². The lowest BCUT2D eigenvalue weighted by Gasteiger charge is -2.13. The van der Waals surface area contributed by atoms with Gasteiger partial charge in [-0.05, 0) is 55.6 Å². The van der Waals surface area contributed by atoms with Gasteiger partial charge in [0.2, 0.25) is 5.11 Å². The van der Waals surface area contributed by atoms with E-state index in [1.54, 1.807) is 43.5 Å². The summed E-state index contributed by atoms with van der Waals surface area (Å²) in [5.41, 5.74) is 8.77. The number of hydrogen-bond donors (Lipinski definition) is 4. The molecule has 2 rings (SSSR count). The van der Waals surface area contributed by atoms with E-state index in [-0.39, 0.29) is 15.9 Å². The number of para-hydroxylation sites is 1. The minimum absolute atomic E-state index is 0.158. The maximum Gasteiger partial charge on any atom is 0.205 e. The van der Waals surface area contributed by atoms with E-state index in [0.29, 0.717) is 11.5 Å². The number of thiocarbonyl (C=S) groups is 2. The number of hydrogen-bond acceptors (Lipinski definition) is 4. The van der Waals surface area contributed by atoms with Crippen LogP contribution in [0.5, 0.6) is 0 Å². The van der Waals surface area contributed by atoms with Crippen LogP contribution in [0.4, 0.5) is 10.1 Å². The van der Waals surface area contributed by atoms with Gasteiger partial charge in [0.25, 0.3) is 0 Å². The molecule has 0 saturated carbocycles. The Kier molecular flexibility index (Phi) is 6.01. The van der Waals surface area contributed by atoms with Gasteiger partial charge in [-0.3, -0.25) is 16.3 Å². The summed E-state index contributed by atoms with van der Waals surface area (Å²) in [6.45, 7) is 1.77. The molecule has 6 nitrogen and oxygen atoms in total. The summed E-state index contributed by atoms with van der Waals surface area (Å²) in [4.78, 5) is 0. The first kappa shape index (κ1) is 16.8. The zero-order valence-corrected chi connectivity index (χ0v) is 13.7. The lowest BCUT2D eigenvalue weighted by molar-refractivity contribution is 0.556. The first-order chi connectivity index (χ1) is 11.1. The molecular weight excluding hydrogens is 337 g/mol. The normalized spacial score (nSPS) is 10.8. The average molecular weight is 351 g/mol. The summed E-state index contributed by atoms with van der Waals surface area (Å²) in [5, 5.41) is 7.09. The van der Waals surface area contributed by atoms with Crippen molar-refractivity contribution in [2.24, 2.45) is 5.10 Å². The summed E-state index contributed by atoms with van der Waals surface area (Å²) in [7, 11) is 0. The largest absolute Gasteiger partial charge is 0.463 e. The molecule has 0 saturated heterocycles. The second-order valence-corrected chi connectivity index (χ2v) is 5.12. The highest BCUT2D eigenvalue weighted by molar-refractivity contribution is 7.80. The van der Waals surface area contributed by atoms with Crippen LogP contribution in [0.1, 0.15) is 12.7 Å². The summed E-state index contributed by atoms with van der Waals surface area (Å²) in [6.07, 6.45) is 1.55. The van der Waals surface area contributed by atoms with Gasteiger partial charge in [-0.15, -0.1) is 0 Å². The number of nitrogens with zero attached hydrogens (tertiary/aromatic N) is 1. The molecule has 0 aliphatic heterocycles. The molecule has 0 aliphatic rings. The maximum absolute atomic E-state index is 13.5. The fraction of sp³-hybridized carbons (Fsp3) is 0.0714. The summed E-state index contributed by atoms with van der Waals surface area (Å²) in [5.74, 6) is 0.223. The molecule has 1 aromatic heterocycles. The van der Waals surface area contributed by atoms with Gasteiger partial charge in [0.1, 0.15) is 17.3 Å². The highest BCUT2D eigenvalue weighted by Gasteiger charge is 2.03. The van der Waals surface area contributed by atoms with E-state index < -0.39 is 5.82 Å². The number of halogens is 1. The van der Waals surface area contributed by atoms with Crippen LogP contribution in [0.15, 0.2) is 52.2 Å². The fourth-order valence-electron chi connectivity index (χ4n) is 1.53. The van der Waals surface area contributed by atoms with E-state index in [9.17, 15) is 4.39 Å². The van der Waals surface area contributed by atoms with E-state index in [1.165, 1.54) is 6.07 Å². The third-order valence-corrected chi connectivity index (χ3v) is 3.01. The van der Waals surface area contributed by atoms with Gasteiger partial charge in [0, 0.05) is 0 Å². The molecule has 0 radical (unpaired) electrons. The van der Waals surface area contributed by atoms with Crippen molar-refractivity contribution in [3.05, 3.63) is 54.2 Å². The summed E-state index contributed by atoms with van der Waals surface area (Å²) < 4.78 is 18.6. The van der Waals surface area contributed by atoms with Crippen LogP contribution < -0.4 is 21.6 Å². The molecule has 0 atom stereocenters. The monoisotopic (exact) mass is 351 g/mol. The first-order valence-corrected chi connectivity index (χ1v) is 7.33. The molecule has 9 heteroatoms. The fourth-order valence-corrected chi connectivity index (χ4v) is 1.79. The Bertz CT molecular complexity index is 718. The van der Waals surface area contributed by atoms with Crippen molar-refractivity contribution in [2.45, 2.75) is 6.92 Å². The number of anilines is 1. The Morgan fingerprint density at radius 2 is 1.83 bits per heavy atom. The predicted octanol–water partition coefficient (Wildman–Crippen LogP) is 2.51. The Morgan fingerprint density at radius 3 is 2.52 bits per heavy atom. The molecule has 0 aliphatic carbocycles. The molecule has 0 spiro atoms. The van der Waals surface area contributed by atoms with Crippen LogP contribution in [-0.4, -0.2) is 15.9 Å². The topological polar surface area (TPSA) is 73.6 Å². The molecule has 120 valence electrons. The first-order valence-electron chi connectivity index (χ1n) is 6.52. The number of rotatable bonds is 3. The Balaban J connectivity index is 1.77. The highest BCUT2D eigenvalue weighted by Crippen LogP contribution is 2.11. The third kappa shape index (κ3) is 5.31. The summed E-state index contributed by atoms with van der Waals surface area (Å²) in [6, 6.07) is 9.73. The molecule has 1 aromatic carbocycles. The van der Waals surface area contributed by atoms with Crippen molar-refractivity contribution in [1.82, 2.24) is 16.3 Å². The molecule has 0 amide bonds. The smallest absolute Gasteiger partial charge is 0.205 e. The van der Waals surface area contributed by atoms with Gasteiger partial charge in [-0.1, -0.05) is 12.1 Å². The Hall–Kier alpha value is -2.52. The minimum Gasteiger partial charge on any atom is -0.463 e. The average Bonchev–Trinajstić information content (AvgIpc) is 3.07. The Morgan fingerprint density at radius 1 is 1.09 bits per heavy atom. The van der Waals surface area contributed by atoms with Crippen LogP contribution in [0.25, 0.3) is 0 Å². The number of furan rings is 1. The molecular formula is C14H14FN5OS2. The van der Waals surface area contributed by atoms with Crippen LogP contribution >= 0.6 is 24.4 Å². The SMILES string of the molecule is C/C(=N/NC(=S)NNC(=S)Nc1ccccc1F)c1ccco1. The van der Waals surface area contributed by atoms with Crippen molar-refractivity contribution in [3.8, 4) is 0 Å². The quantitative estimate of drug-likeness (QED) is 0.385.